The summed E-state index contributed by atoms with van der Waals surface area (Å²) in [4.78, 5) is 23.8. The van der Waals surface area contributed by atoms with Crippen LogP contribution in [0.5, 0.6) is 0 Å². The average Bonchev–Trinajstić information content (AvgIpc) is 2.55. The molecule has 1 N–H and O–H groups in total. The van der Waals surface area contributed by atoms with E-state index < -0.39 is 23.6 Å². The van der Waals surface area contributed by atoms with Crippen molar-refractivity contribution in [2.45, 2.75) is 19.5 Å². The molecule has 2 aromatic rings. The van der Waals surface area contributed by atoms with Gasteiger partial charge in [0, 0.05) is 5.69 Å². The van der Waals surface area contributed by atoms with Crippen molar-refractivity contribution in [3.63, 3.8) is 0 Å². The van der Waals surface area contributed by atoms with Gasteiger partial charge in [0.1, 0.15) is 0 Å². The minimum Gasteiger partial charge on any atom is -0.465 e. The maximum atomic E-state index is 12.7. The van der Waals surface area contributed by atoms with E-state index in [1.807, 2.05) is 0 Å². The van der Waals surface area contributed by atoms with Crippen LogP contribution in [0.25, 0.3) is 0 Å². The van der Waals surface area contributed by atoms with Gasteiger partial charge in [-0.15, -0.1) is 0 Å². The smallest absolute Gasteiger partial charge is 0.416 e. The summed E-state index contributed by atoms with van der Waals surface area (Å²) < 4.78 is 42.8. The molecule has 0 aliphatic carbocycles. The minimum atomic E-state index is -4.46. The molecule has 2 rings (SSSR count). The van der Waals surface area contributed by atoms with E-state index in [0.29, 0.717) is 16.8 Å². The fraction of sp³-hybridized carbons (Fsp3) is 0.222. The molecule has 4 nitrogen and oxygen atoms in total. The normalized spacial score (nSPS) is 11.1. The molecule has 132 valence electrons. The van der Waals surface area contributed by atoms with Gasteiger partial charge in [0.15, 0.2) is 0 Å². The standard InChI is InChI=1S/C18H16F3NO3/c1-11-14(17(24)25-2)7-4-8-15(11)22-16(23)10-12-5-3-6-13(9-12)18(19,20)21/h3-9H,10H2,1-2H3,(H,22,23). The number of carbonyl (C=O) groups excluding carboxylic acids is 2. The first kappa shape index (κ1) is 18.5. The molecule has 0 aliphatic heterocycles. The molecule has 0 heterocycles. The van der Waals surface area contributed by atoms with Gasteiger partial charge >= 0.3 is 12.1 Å². The number of halogens is 3. The van der Waals surface area contributed by atoms with E-state index in [0.717, 1.165) is 12.1 Å². The molecular formula is C18H16F3NO3. The van der Waals surface area contributed by atoms with E-state index >= 15 is 0 Å². The molecule has 0 atom stereocenters. The molecule has 0 radical (unpaired) electrons. The lowest BCUT2D eigenvalue weighted by atomic mass is 10.1. The second-order valence-electron chi connectivity index (χ2n) is 5.39. The molecule has 0 fully saturated rings. The molecule has 0 saturated carbocycles. The Kier molecular flexibility index (Phi) is 5.46. The molecule has 0 aliphatic rings. The molecular weight excluding hydrogens is 335 g/mol. The zero-order chi connectivity index (χ0) is 18.6. The summed E-state index contributed by atoms with van der Waals surface area (Å²) in [5, 5.41) is 2.61. The highest BCUT2D eigenvalue weighted by Gasteiger charge is 2.30. The van der Waals surface area contributed by atoms with Gasteiger partial charge in [-0.05, 0) is 36.2 Å². The molecule has 0 bridgehead atoms. The van der Waals surface area contributed by atoms with Crippen LogP contribution < -0.4 is 5.32 Å². The highest BCUT2D eigenvalue weighted by molar-refractivity contribution is 5.97. The monoisotopic (exact) mass is 351 g/mol. The number of nitrogens with one attached hydrogen (secondary N) is 1. The van der Waals surface area contributed by atoms with Gasteiger partial charge in [-0.3, -0.25) is 4.79 Å². The predicted octanol–water partition coefficient (Wildman–Crippen LogP) is 3.98. The Morgan fingerprint density at radius 2 is 1.80 bits per heavy atom. The van der Waals surface area contributed by atoms with Crippen LogP contribution in [-0.4, -0.2) is 19.0 Å². The highest BCUT2D eigenvalue weighted by atomic mass is 19.4. The Morgan fingerprint density at radius 1 is 1.12 bits per heavy atom. The molecule has 2 aromatic carbocycles. The van der Waals surface area contributed by atoms with Gasteiger partial charge in [-0.2, -0.15) is 13.2 Å². The van der Waals surface area contributed by atoms with Gasteiger partial charge in [0.25, 0.3) is 0 Å². The van der Waals surface area contributed by atoms with Crippen molar-refractivity contribution in [1.82, 2.24) is 0 Å². The van der Waals surface area contributed by atoms with Crippen LogP contribution >= 0.6 is 0 Å². The number of rotatable bonds is 4. The Morgan fingerprint density at radius 3 is 2.44 bits per heavy atom. The maximum absolute atomic E-state index is 12.7. The minimum absolute atomic E-state index is 0.216. The van der Waals surface area contributed by atoms with Gasteiger partial charge in [-0.1, -0.05) is 24.3 Å². The Bertz CT molecular complexity index is 800. The van der Waals surface area contributed by atoms with Crippen molar-refractivity contribution in [1.29, 1.82) is 0 Å². The number of esters is 1. The second kappa shape index (κ2) is 7.38. The lowest BCUT2D eigenvalue weighted by Gasteiger charge is -2.12. The number of anilines is 1. The van der Waals surface area contributed by atoms with Crippen molar-refractivity contribution >= 4 is 17.6 Å². The van der Waals surface area contributed by atoms with Crippen molar-refractivity contribution in [2.75, 3.05) is 12.4 Å². The number of hydrogen-bond acceptors (Lipinski definition) is 3. The van der Waals surface area contributed by atoms with Crippen molar-refractivity contribution in [2.24, 2.45) is 0 Å². The summed E-state index contributed by atoms with van der Waals surface area (Å²) in [6, 6.07) is 9.35. The number of alkyl halides is 3. The largest absolute Gasteiger partial charge is 0.465 e. The number of hydrogen-bond donors (Lipinski definition) is 1. The molecule has 0 spiro atoms. The summed E-state index contributed by atoms with van der Waals surface area (Å²) in [5.74, 6) is -1.02. The number of ether oxygens (including phenoxy) is 1. The Balaban J connectivity index is 2.15. The van der Waals surface area contributed by atoms with Crippen LogP contribution in [-0.2, 0) is 22.1 Å². The lowest BCUT2D eigenvalue weighted by molar-refractivity contribution is -0.137. The third kappa shape index (κ3) is 4.59. The molecule has 7 heteroatoms. The topological polar surface area (TPSA) is 55.4 Å². The second-order valence-corrected chi connectivity index (χ2v) is 5.39. The van der Waals surface area contributed by atoms with Gasteiger partial charge < -0.3 is 10.1 Å². The van der Waals surface area contributed by atoms with Crippen molar-refractivity contribution < 1.29 is 27.5 Å². The van der Waals surface area contributed by atoms with Crippen LogP contribution in [0.15, 0.2) is 42.5 Å². The van der Waals surface area contributed by atoms with Crippen LogP contribution in [0.4, 0.5) is 18.9 Å². The summed E-state index contributed by atoms with van der Waals surface area (Å²) in [6.45, 7) is 1.64. The summed E-state index contributed by atoms with van der Waals surface area (Å²) in [6.07, 6.45) is -4.68. The van der Waals surface area contributed by atoms with E-state index in [-0.39, 0.29) is 12.0 Å². The number of carbonyl (C=O) groups is 2. The summed E-state index contributed by atoms with van der Waals surface area (Å²) in [7, 11) is 1.25. The molecule has 1 amide bonds. The van der Waals surface area contributed by atoms with Crippen molar-refractivity contribution in [3.8, 4) is 0 Å². The Labute approximate surface area is 142 Å². The third-order valence-electron chi connectivity index (χ3n) is 3.63. The van der Waals surface area contributed by atoms with Crippen LogP contribution in [0.3, 0.4) is 0 Å². The van der Waals surface area contributed by atoms with E-state index in [4.69, 9.17) is 0 Å². The highest BCUT2D eigenvalue weighted by Crippen LogP contribution is 2.29. The van der Waals surface area contributed by atoms with Gasteiger partial charge in [-0.25, -0.2) is 4.79 Å². The van der Waals surface area contributed by atoms with Crippen LogP contribution in [0.1, 0.15) is 27.0 Å². The fourth-order valence-corrected chi connectivity index (χ4v) is 2.34. The van der Waals surface area contributed by atoms with Crippen LogP contribution in [0, 0.1) is 6.92 Å². The maximum Gasteiger partial charge on any atom is 0.416 e. The van der Waals surface area contributed by atoms with Crippen LogP contribution in [0.2, 0.25) is 0 Å². The van der Waals surface area contributed by atoms with E-state index in [9.17, 15) is 22.8 Å². The van der Waals surface area contributed by atoms with E-state index in [1.165, 1.54) is 19.2 Å². The first-order valence-electron chi connectivity index (χ1n) is 7.36. The summed E-state index contributed by atoms with van der Waals surface area (Å²) >= 11 is 0. The van der Waals surface area contributed by atoms with Gasteiger partial charge in [0.2, 0.25) is 5.91 Å². The third-order valence-corrected chi connectivity index (χ3v) is 3.63. The zero-order valence-electron chi connectivity index (χ0n) is 13.6. The number of benzene rings is 2. The average molecular weight is 351 g/mol. The molecule has 0 unspecified atom stereocenters. The Hall–Kier alpha value is -2.83. The molecule has 0 aromatic heterocycles. The SMILES string of the molecule is COC(=O)c1cccc(NC(=O)Cc2cccc(C(F)(F)F)c2)c1C. The zero-order valence-corrected chi connectivity index (χ0v) is 13.6. The number of amides is 1. The van der Waals surface area contributed by atoms with E-state index in [1.54, 1.807) is 25.1 Å². The van der Waals surface area contributed by atoms with E-state index in [2.05, 4.69) is 10.1 Å². The summed E-state index contributed by atoms with van der Waals surface area (Å²) in [5.41, 5.74) is 0.668. The molecule has 25 heavy (non-hydrogen) atoms. The van der Waals surface area contributed by atoms with Gasteiger partial charge in [0.05, 0.1) is 24.7 Å². The first-order valence-corrected chi connectivity index (χ1v) is 7.36. The lowest BCUT2D eigenvalue weighted by Crippen LogP contribution is -2.17. The predicted molar refractivity (Wildman–Crippen MR) is 86.3 cm³/mol. The molecule has 0 saturated heterocycles. The fourth-order valence-electron chi connectivity index (χ4n) is 2.34. The first-order chi connectivity index (χ1) is 11.7. The quantitative estimate of drug-likeness (QED) is 0.848. The number of methoxy groups -OCH3 is 1. The van der Waals surface area contributed by atoms with Crippen molar-refractivity contribution in [3.05, 3.63) is 64.7 Å².